The Morgan fingerprint density at radius 3 is 1.72 bits per heavy atom. The molecule has 1 aliphatic rings. The van der Waals surface area contributed by atoms with Crippen molar-refractivity contribution in [1.29, 1.82) is 0 Å². The Morgan fingerprint density at radius 1 is 0.750 bits per heavy atom. The second kappa shape index (κ2) is 12.5. The van der Waals surface area contributed by atoms with Crippen molar-refractivity contribution in [3.8, 4) is 17.2 Å². The minimum atomic E-state index is -1.82. The average Bonchev–Trinajstić information content (AvgIpc) is 2.81. The maximum atomic E-state index is 9.10. The number of hydrogen-bond donors (Lipinski definition) is 2. The molecule has 32 heavy (non-hydrogen) atoms. The molecule has 0 bridgehead atoms. The molecular weight excluding hydrogens is 416 g/mol. The lowest BCUT2D eigenvalue weighted by Crippen LogP contribution is -2.45. The van der Waals surface area contributed by atoms with Gasteiger partial charge in [-0.15, -0.1) is 0 Å². The van der Waals surface area contributed by atoms with Crippen molar-refractivity contribution in [3.05, 3.63) is 53.6 Å². The van der Waals surface area contributed by atoms with Gasteiger partial charge in [0.1, 0.15) is 17.2 Å². The van der Waals surface area contributed by atoms with Gasteiger partial charge in [-0.05, 0) is 12.1 Å². The Bertz CT molecular complexity index is 884. The number of nitrogens with zero attached hydrogens (tertiary/aromatic N) is 2. The zero-order chi connectivity index (χ0) is 23.5. The van der Waals surface area contributed by atoms with Gasteiger partial charge in [-0.2, -0.15) is 0 Å². The average molecular weight is 447 g/mol. The van der Waals surface area contributed by atoms with Gasteiger partial charge in [0.15, 0.2) is 0 Å². The van der Waals surface area contributed by atoms with E-state index in [1.807, 2.05) is 24.3 Å². The topological polar surface area (TPSA) is 109 Å². The lowest BCUT2D eigenvalue weighted by molar-refractivity contribution is -0.159. The van der Waals surface area contributed by atoms with Gasteiger partial charge in [0.25, 0.3) is 0 Å². The van der Waals surface area contributed by atoms with Crippen LogP contribution in [0.15, 0.2) is 42.5 Å². The van der Waals surface area contributed by atoms with Crippen molar-refractivity contribution in [2.75, 3.05) is 47.5 Å². The van der Waals surface area contributed by atoms with E-state index in [-0.39, 0.29) is 0 Å². The summed E-state index contributed by atoms with van der Waals surface area (Å²) in [5.74, 6) is -0.962. The predicted molar refractivity (Wildman–Crippen MR) is 118 cm³/mol. The molecule has 0 saturated carbocycles. The first-order valence-corrected chi connectivity index (χ1v) is 10.1. The fourth-order valence-corrected chi connectivity index (χ4v) is 3.40. The molecule has 3 rings (SSSR count). The third-order valence-corrected chi connectivity index (χ3v) is 5.12. The van der Waals surface area contributed by atoms with Gasteiger partial charge < -0.3 is 24.4 Å². The molecule has 0 aliphatic carbocycles. The molecule has 9 nitrogen and oxygen atoms in total. The van der Waals surface area contributed by atoms with Crippen LogP contribution in [0.2, 0.25) is 0 Å². The number of carbonyl (C=O) groups is 2. The molecule has 0 amide bonds. The number of benzene rings is 2. The molecule has 1 heterocycles. The summed E-state index contributed by atoms with van der Waals surface area (Å²) in [7, 11) is 5.12. The maximum Gasteiger partial charge on any atom is 0.414 e. The Balaban J connectivity index is 0.000000534. The molecule has 0 atom stereocenters. The molecule has 9 heteroatoms. The number of ether oxygens (including phenoxy) is 3. The van der Waals surface area contributed by atoms with Gasteiger partial charge in [-0.25, -0.2) is 9.59 Å². The second-order valence-corrected chi connectivity index (χ2v) is 7.15. The largest absolute Gasteiger partial charge is 0.497 e. The Hall–Kier alpha value is -3.30. The van der Waals surface area contributed by atoms with Crippen molar-refractivity contribution in [2.45, 2.75) is 13.1 Å². The zero-order valence-electron chi connectivity index (χ0n) is 18.6. The van der Waals surface area contributed by atoms with Gasteiger partial charge in [-0.1, -0.05) is 24.3 Å². The number of carboxylic acid groups (broad SMARTS) is 2. The van der Waals surface area contributed by atoms with E-state index in [0.717, 1.165) is 56.5 Å². The molecule has 1 aliphatic heterocycles. The van der Waals surface area contributed by atoms with Crippen molar-refractivity contribution in [1.82, 2.24) is 9.80 Å². The summed E-state index contributed by atoms with van der Waals surface area (Å²) < 4.78 is 16.3. The third kappa shape index (κ3) is 7.44. The number of piperazine rings is 1. The van der Waals surface area contributed by atoms with Crippen LogP contribution in [0.5, 0.6) is 17.2 Å². The molecule has 0 radical (unpaired) electrons. The van der Waals surface area contributed by atoms with E-state index >= 15 is 0 Å². The quantitative estimate of drug-likeness (QED) is 0.619. The van der Waals surface area contributed by atoms with Crippen molar-refractivity contribution in [2.24, 2.45) is 0 Å². The first-order valence-electron chi connectivity index (χ1n) is 10.1. The fraction of sp³-hybridized carbons (Fsp3) is 0.391. The SMILES string of the molecule is COc1ccc(CN2CCN(Cc3ccccc3OC)CC2)c(OC)c1.O=C(O)C(=O)O. The molecule has 0 aromatic heterocycles. The van der Waals surface area contributed by atoms with Crippen LogP contribution in [0.25, 0.3) is 0 Å². The first kappa shape index (κ1) is 25.0. The molecule has 1 saturated heterocycles. The van der Waals surface area contributed by atoms with Crippen molar-refractivity contribution >= 4 is 11.9 Å². The highest BCUT2D eigenvalue weighted by molar-refractivity contribution is 6.27. The van der Waals surface area contributed by atoms with Gasteiger partial charge in [0, 0.05) is 56.5 Å². The van der Waals surface area contributed by atoms with Gasteiger partial charge in [0.05, 0.1) is 21.3 Å². The first-order chi connectivity index (χ1) is 15.4. The summed E-state index contributed by atoms with van der Waals surface area (Å²) in [6.45, 7) is 6.03. The molecule has 0 unspecified atom stereocenters. The van der Waals surface area contributed by atoms with Crippen LogP contribution in [0.4, 0.5) is 0 Å². The Labute approximate surface area is 187 Å². The minimum absolute atomic E-state index is 0.826. The normalized spacial score (nSPS) is 14.1. The van der Waals surface area contributed by atoms with Crippen LogP contribution in [-0.4, -0.2) is 79.5 Å². The third-order valence-electron chi connectivity index (χ3n) is 5.12. The number of hydrogen-bond acceptors (Lipinski definition) is 7. The number of carboxylic acids is 2. The molecule has 2 aromatic carbocycles. The van der Waals surface area contributed by atoms with Gasteiger partial charge in [-0.3, -0.25) is 9.80 Å². The lowest BCUT2D eigenvalue weighted by Gasteiger charge is -2.35. The smallest absolute Gasteiger partial charge is 0.414 e. The van der Waals surface area contributed by atoms with Crippen LogP contribution in [0, 0.1) is 0 Å². The Kier molecular flexibility index (Phi) is 9.77. The Morgan fingerprint density at radius 2 is 1.25 bits per heavy atom. The summed E-state index contributed by atoms with van der Waals surface area (Å²) >= 11 is 0. The molecule has 2 aromatic rings. The minimum Gasteiger partial charge on any atom is -0.497 e. The van der Waals surface area contributed by atoms with Crippen molar-refractivity contribution in [3.63, 3.8) is 0 Å². The second-order valence-electron chi connectivity index (χ2n) is 7.15. The zero-order valence-corrected chi connectivity index (χ0v) is 18.6. The molecular formula is C23H30N2O7. The van der Waals surface area contributed by atoms with Crippen LogP contribution >= 0.6 is 0 Å². The van der Waals surface area contributed by atoms with Gasteiger partial charge in [0.2, 0.25) is 0 Å². The monoisotopic (exact) mass is 446 g/mol. The fourth-order valence-electron chi connectivity index (χ4n) is 3.40. The molecule has 0 spiro atoms. The summed E-state index contributed by atoms with van der Waals surface area (Å²) in [6, 6.07) is 14.3. The number of rotatable bonds is 7. The van der Waals surface area contributed by atoms with E-state index in [2.05, 4.69) is 28.0 Å². The van der Waals surface area contributed by atoms with Gasteiger partial charge >= 0.3 is 11.9 Å². The van der Waals surface area contributed by atoms with E-state index < -0.39 is 11.9 Å². The number of aliphatic carboxylic acids is 2. The van der Waals surface area contributed by atoms with Crippen LogP contribution < -0.4 is 14.2 Å². The number of para-hydroxylation sites is 1. The summed E-state index contributed by atoms with van der Waals surface area (Å²) in [5, 5.41) is 14.8. The van der Waals surface area contributed by atoms with E-state index in [1.165, 1.54) is 11.1 Å². The summed E-state index contributed by atoms with van der Waals surface area (Å²) in [5.41, 5.74) is 2.45. The predicted octanol–water partition coefficient (Wildman–Crippen LogP) is 2.19. The standard InChI is InChI=1S/C21H28N2O3.C2H2O4/c1-24-19-9-8-18(21(14-19)26-3)16-23-12-10-22(11-13-23)15-17-6-4-5-7-20(17)25-2;3-1(4)2(5)6/h4-9,14H,10-13,15-16H2,1-3H3;(H,3,4)(H,5,6). The van der Waals surface area contributed by atoms with Crippen LogP contribution in [-0.2, 0) is 22.7 Å². The van der Waals surface area contributed by atoms with E-state index in [4.69, 9.17) is 34.0 Å². The van der Waals surface area contributed by atoms with Crippen LogP contribution in [0.1, 0.15) is 11.1 Å². The molecule has 1 fully saturated rings. The van der Waals surface area contributed by atoms with Crippen molar-refractivity contribution < 1.29 is 34.0 Å². The molecule has 174 valence electrons. The lowest BCUT2D eigenvalue weighted by atomic mass is 10.1. The van der Waals surface area contributed by atoms with E-state index in [1.54, 1.807) is 21.3 Å². The maximum absolute atomic E-state index is 9.10. The summed E-state index contributed by atoms with van der Waals surface area (Å²) in [4.78, 5) is 23.2. The summed E-state index contributed by atoms with van der Waals surface area (Å²) in [6.07, 6.45) is 0. The number of methoxy groups -OCH3 is 3. The van der Waals surface area contributed by atoms with E-state index in [9.17, 15) is 0 Å². The highest BCUT2D eigenvalue weighted by Crippen LogP contribution is 2.26. The highest BCUT2D eigenvalue weighted by atomic mass is 16.5. The highest BCUT2D eigenvalue weighted by Gasteiger charge is 2.19. The van der Waals surface area contributed by atoms with E-state index in [0.29, 0.717) is 0 Å². The molecule has 2 N–H and O–H groups in total. The van der Waals surface area contributed by atoms with Crippen LogP contribution in [0.3, 0.4) is 0 Å².